The van der Waals surface area contributed by atoms with E-state index in [0.717, 1.165) is 39.4 Å². The van der Waals surface area contributed by atoms with E-state index in [9.17, 15) is 4.79 Å². The van der Waals surface area contributed by atoms with E-state index in [1.807, 2.05) is 60.8 Å². The molecule has 2 aromatic heterocycles. The summed E-state index contributed by atoms with van der Waals surface area (Å²) in [7, 11) is 3.25. The molecule has 2 atom stereocenters. The van der Waals surface area contributed by atoms with Gasteiger partial charge in [-0.15, -0.1) is 0 Å². The number of rotatable bonds is 4. The first-order chi connectivity index (χ1) is 16.7. The van der Waals surface area contributed by atoms with E-state index in [1.54, 1.807) is 20.4 Å². The Labute approximate surface area is 197 Å². The Morgan fingerprint density at radius 1 is 0.971 bits per heavy atom. The molecule has 7 nitrogen and oxygen atoms in total. The molecule has 0 saturated heterocycles. The van der Waals surface area contributed by atoms with Crippen molar-refractivity contribution < 1.29 is 14.3 Å². The molecule has 0 bridgehead atoms. The second kappa shape index (κ2) is 8.02. The van der Waals surface area contributed by atoms with Crippen molar-refractivity contribution in [1.82, 2.24) is 14.5 Å². The predicted molar refractivity (Wildman–Crippen MR) is 129 cm³/mol. The fraction of sp³-hybridized carbons (Fsp3) is 0.222. The van der Waals surface area contributed by atoms with E-state index in [2.05, 4.69) is 14.9 Å². The van der Waals surface area contributed by atoms with Gasteiger partial charge < -0.3 is 14.8 Å². The highest BCUT2D eigenvalue weighted by Crippen LogP contribution is 2.46. The lowest BCUT2D eigenvalue weighted by Crippen LogP contribution is -2.33. The number of ether oxygens (including phenoxy) is 2. The van der Waals surface area contributed by atoms with Gasteiger partial charge in [0.15, 0.2) is 17.3 Å². The van der Waals surface area contributed by atoms with Gasteiger partial charge in [0.05, 0.1) is 31.3 Å². The van der Waals surface area contributed by atoms with Crippen molar-refractivity contribution >= 4 is 22.8 Å². The standard InChI is InChI=1S/C27H24N4O3/c1-33-23-10-9-16(14-24(23)34-2)18-12-20-25(22(32)13-18)26(17-6-5-11-28-15-17)31-21-8-4-3-7-19(21)29-27(31)30-20/h3-11,14-15,18,26H,12-13H2,1-2H3,(H,29,30)/t18-,26+/m0/s1. The number of allylic oxidation sites excluding steroid dienone is 2. The first kappa shape index (κ1) is 20.5. The zero-order chi connectivity index (χ0) is 23.2. The number of carbonyl (C=O) groups excluding carboxylic acids is 1. The highest BCUT2D eigenvalue weighted by atomic mass is 16.5. The van der Waals surface area contributed by atoms with Gasteiger partial charge >= 0.3 is 0 Å². The number of anilines is 1. The van der Waals surface area contributed by atoms with Crippen LogP contribution in [0.4, 0.5) is 5.95 Å². The van der Waals surface area contributed by atoms with E-state index < -0.39 is 0 Å². The molecule has 0 radical (unpaired) electrons. The Morgan fingerprint density at radius 2 is 1.82 bits per heavy atom. The van der Waals surface area contributed by atoms with Crippen LogP contribution in [0.3, 0.4) is 0 Å². The average molecular weight is 453 g/mol. The number of methoxy groups -OCH3 is 2. The number of nitrogens with zero attached hydrogens (tertiary/aromatic N) is 3. The van der Waals surface area contributed by atoms with Gasteiger partial charge in [0, 0.05) is 30.1 Å². The number of hydrogen-bond donors (Lipinski definition) is 1. The molecule has 3 heterocycles. The summed E-state index contributed by atoms with van der Waals surface area (Å²) in [5.74, 6) is 2.25. The van der Waals surface area contributed by atoms with Crippen LogP contribution in [0.25, 0.3) is 11.0 Å². The molecular formula is C27H24N4O3. The molecule has 7 heteroatoms. The molecule has 0 amide bonds. The van der Waals surface area contributed by atoms with E-state index in [-0.39, 0.29) is 17.7 Å². The fourth-order valence-electron chi connectivity index (χ4n) is 5.22. The van der Waals surface area contributed by atoms with Crippen LogP contribution in [0, 0.1) is 0 Å². The Hall–Kier alpha value is -4.13. The van der Waals surface area contributed by atoms with Crippen LogP contribution in [-0.2, 0) is 4.79 Å². The number of pyridine rings is 1. The Morgan fingerprint density at radius 3 is 2.62 bits per heavy atom. The third-order valence-corrected chi connectivity index (χ3v) is 6.78. The number of fused-ring (bicyclic) bond motifs is 3. The Kier molecular flexibility index (Phi) is 4.83. The molecule has 2 aromatic carbocycles. The maximum Gasteiger partial charge on any atom is 0.209 e. The van der Waals surface area contributed by atoms with E-state index in [1.165, 1.54) is 0 Å². The SMILES string of the molecule is COc1ccc([C@@H]2CC(=O)C3=C(C2)Nc2nc4ccccc4n2[C@@H]3c2cccnc2)cc1OC. The Balaban J connectivity index is 1.47. The number of carbonyl (C=O) groups is 1. The van der Waals surface area contributed by atoms with Crippen LogP contribution in [-0.4, -0.2) is 34.5 Å². The fourth-order valence-corrected chi connectivity index (χ4v) is 5.22. The van der Waals surface area contributed by atoms with Gasteiger partial charge in [0.25, 0.3) is 0 Å². The van der Waals surface area contributed by atoms with Crippen LogP contribution in [0.1, 0.15) is 35.9 Å². The zero-order valence-corrected chi connectivity index (χ0v) is 19.0. The molecule has 170 valence electrons. The minimum Gasteiger partial charge on any atom is -0.493 e. The molecule has 0 fully saturated rings. The van der Waals surface area contributed by atoms with Crippen molar-refractivity contribution in [1.29, 1.82) is 0 Å². The molecule has 0 unspecified atom stereocenters. The first-order valence-corrected chi connectivity index (χ1v) is 11.3. The highest BCUT2D eigenvalue weighted by molar-refractivity contribution is 6.01. The van der Waals surface area contributed by atoms with Gasteiger partial charge in [-0.05, 0) is 53.8 Å². The minimum atomic E-state index is -0.272. The third kappa shape index (κ3) is 3.15. The number of benzene rings is 2. The summed E-state index contributed by atoms with van der Waals surface area (Å²) in [6.07, 6.45) is 4.72. The molecule has 0 spiro atoms. The second-order valence-corrected chi connectivity index (χ2v) is 8.64. The maximum atomic E-state index is 13.7. The first-order valence-electron chi connectivity index (χ1n) is 11.3. The summed E-state index contributed by atoms with van der Waals surface area (Å²) < 4.78 is 13.0. The van der Waals surface area contributed by atoms with Gasteiger partial charge in [-0.2, -0.15) is 0 Å². The van der Waals surface area contributed by atoms with Crippen molar-refractivity contribution in [3.05, 3.63) is 89.4 Å². The Bertz CT molecular complexity index is 1440. The molecule has 2 aliphatic rings. The van der Waals surface area contributed by atoms with Crippen LogP contribution in [0.15, 0.2) is 78.3 Å². The van der Waals surface area contributed by atoms with E-state index in [0.29, 0.717) is 24.3 Å². The molecule has 34 heavy (non-hydrogen) atoms. The number of nitrogens with one attached hydrogen (secondary N) is 1. The van der Waals surface area contributed by atoms with Crippen LogP contribution < -0.4 is 14.8 Å². The van der Waals surface area contributed by atoms with Crippen LogP contribution >= 0.6 is 0 Å². The normalized spacial score (nSPS) is 19.4. The van der Waals surface area contributed by atoms with Gasteiger partial charge in [0.2, 0.25) is 5.95 Å². The van der Waals surface area contributed by atoms with Gasteiger partial charge in [-0.3, -0.25) is 14.3 Å². The number of Topliss-reactive ketones (excluding diaryl/α,β-unsaturated/α-hetero) is 1. The monoisotopic (exact) mass is 452 g/mol. The van der Waals surface area contributed by atoms with Gasteiger partial charge in [0.1, 0.15) is 0 Å². The molecule has 4 aromatic rings. The molecule has 1 aliphatic carbocycles. The minimum absolute atomic E-state index is 0.0315. The molecule has 6 rings (SSSR count). The lowest BCUT2D eigenvalue weighted by molar-refractivity contribution is -0.116. The predicted octanol–water partition coefficient (Wildman–Crippen LogP) is 4.86. The van der Waals surface area contributed by atoms with Gasteiger partial charge in [-0.25, -0.2) is 4.98 Å². The van der Waals surface area contributed by atoms with Crippen molar-refractivity contribution in [3.63, 3.8) is 0 Å². The van der Waals surface area contributed by atoms with E-state index >= 15 is 0 Å². The highest BCUT2D eigenvalue weighted by Gasteiger charge is 2.39. The lowest BCUT2D eigenvalue weighted by atomic mass is 9.78. The zero-order valence-electron chi connectivity index (χ0n) is 19.0. The molecular weight excluding hydrogens is 428 g/mol. The third-order valence-electron chi connectivity index (χ3n) is 6.78. The summed E-state index contributed by atoms with van der Waals surface area (Å²) in [5, 5.41) is 3.50. The number of para-hydroxylation sites is 2. The number of ketones is 1. The van der Waals surface area contributed by atoms with Crippen molar-refractivity contribution in [2.24, 2.45) is 0 Å². The summed E-state index contributed by atoms with van der Waals surface area (Å²) in [6.45, 7) is 0. The maximum absolute atomic E-state index is 13.7. The molecule has 1 N–H and O–H groups in total. The van der Waals surface area contributed by atoms with Crippen LogP contribution in [0.2, 0.25) is 0 Å². The molecule has 0 saturated carbocycles. The number of imidazole rings is 1. The largest absolute Gasteiger partial charge is 0.493 e. The van der Waals surface area contributed by atoms with Crippen LogP contribution in [0.5, 0.6) is 11.5 Å². The summed E-state index contributed by atoms with van der Waals surface area (Å²) in [4.78, 5) is 22.9. The van der Waals surface area contributed by atoms with Crippen molar-refractivity contribution in [2.45, 2.75) is 24.8 Å². The summed E-state index contributed by atoms with van der Waals surface area (Å²) in [5.41, 5.74) is 5.62. The molecule has 1 aliphatic heterocycles. The number of hydrogen-bond acceptors (Lipinski definition) is 6. The number of aromatic nitrogens is 3. The summed E-state index contributed by atoms with van der Waals surface area (Å²) >= 11 is 0. The topological polar surface area (TPSA) is 78.3 Å². The van der Waals surface area contributed by atoms with Crippen molar-refractivity contribution in [2.75, 3.05) is 19.5 Å². The second-order valence-electron chi connectivity index (χ2n) is 8.64. The lowest BCUT2D eigenvalue weighted by Gasteiger charge is -2.36. The van der Waals surface area contributed by atoms with Gasteiger partial charge in [-0.1, -0.05) is 24.3 Å². The summed E-state index contributed by atoms with van der Waals surface area (Å²) in [6, 6.07) is 17.6. The van der Waals surface area contributed by atoms with Crippen molar-refractivity contribution in [3.8, 4) is 11.5 Å². The average Bonchev–Trinajstić information content (AvgIpc) is 3.25. The quantitative estimate of drug-likeness (QED) is 0.476. The van der Waals surface area contributed by atoms with E-state index in [4.69, 9.17) is 14.5 Å². The smallest absolute Gasteiger partial charge is 0.209 e.